The lowest BCUT2D eigenvalue weighted by Gasteiger charge is -2.06. The molecular formula is C12H8BrClN2O2S2. The van der Waals surface area contributed by atoms with E-state index < -0.39 is 10.0 Å². The van der Waals surface area contributed by atoms with E-state index in [4.69, 9.17) is 16.9 Å². The maximum Gasteiger partial charge on any atom is 0.240 e. The van der Waals surface area contributed by atoms with Gasteiger partial charge >= 0.3 is 0 Å². The second kappa shape index (κ2) is 6.24. The van der Waals surface area contributed by atoms with Crippen molar-refractivity contribution in [2.45, 2.75) is 11.4 Å². The van der Waals surface area contributed by atoms with Crippen LogP contribution in [-0.2, 0) is 16.6 Å². The van der Waals surface area contributed by atoms with Gasteiger partial charge in [-0.2, -0.15) is 5.26 Å². The van der Waals surface area contributed by atoms with Gasteiger partial charge in [-0.3, -0.25) is 0 Å². The van der Waals surface area contributed by atoms with Gasteiger partial charge < -0.3 is 0 Å². The molecule has 0 radical (unpaired) electrons. The minimum absolute atomic E-state index is 0.0390. The van der Waals surface area contributed by atoms with Crippen LogP contribution in [0.5, 0.6) is 0 Å². The highest BCUT2D eigenvalue weighted by atomic mass is 79.9. The standard InChI is InChI=1S/C12H8BrClN2O2S2/c13-12-4-2-9(19-12)7-16-20(17,18)10-3-1-8(6-15)11(14)5-10/h1-5,16H,7H2. The van der Waals surface area contributed by atoms with Gasteiger partial charge in [-0.15, -0.1) is 11.3 Å². The molecule has 1 N–H and O–H groups in total. The van der Waals surface area contributed by atoms with E-state index >= 15 is 0 Å². The van der Waals surface area contributed by atoms with Gasteiger partial charge in [-0.05, 0) is 46.3 Å². The third-order valence-electron chi connectivity index (χ3n) is 2.44. The monoisotopic (exact) mass is 390 g/mol. The Morgan fingerprint density at radius 1 is 1.35 bits per heavy atom. The number of nitriles is 1. The molecule has 20 heavy (non-hydrogen) atoms. The maximum absolute atomic E-state index is 12.1. The number of thiophene rings is 1. The van der Waals surface area contributed by atoms with Gasteiger partial charge in [0.2, 0.25) is 10.0 Å². The molecule has 104 valence electrons. The predicted molar refractivity (Wildman–Crippen MR) is 82.2 cm³/mol. The molecule has 0 bridgehead atoms. The summed E-state index contributed by atoms with van der Waals surface area (Å²) in [4.78, 5) is 0.928. The Labute approximate surface area is 134 Å². The highest BCUT2D eigenvalue weighted by Gasteiger charge is 2.15. The molecule has 1 aromatic heterocycles. The minimum atomic E-state index is -3.65. The van der Waals surface area contributed by atoms with Crippen LogP contribution in [0.2, 0.25) is 5.02 Å². The third-order valence-corrected chi connectivity index (χ3v) is 5.77. The van der Waals surface area contributed by atoms with Crippen molar-refractivity contribution >= 4 is 48.9 Å². The average Bonchev–Trinajstić information content (AvgIpc) is 2.82. The van der Waals surface area contributed by atoms with Gasteiger partial charge in [0.25, 0.3) is 0 Å². The van der Waals surface area contributed by atoms with Gasteiger partial charge in [0, 0.05) is 11.4 Å². The van der Waals surface area contributed by atoms with E-state index in [0.29, 0.717) is 0 Å². The number of nitrogens with one attached hydrogen (secondary N) is 1. The first-order valence-electron chi connectivity index (χ1n) is 5.36. The normalized spacial score (nSPS) is 11.2. The molecule has 1 heterocycles. The first kappa shape index (κ1) is 15.5. The van der Waals surface area contributed by atoms with E-state index in [0.717, 1.165) is 8.66 Å². The van der Waals surface area contributed by atoms with E-state index in [9.17, 15) is 8.42 Å². The predicted octanol–water partition coefficient (Wildman–Crippen LogP) is 3.51. The number of hydrogen-bond acceptors (Lipinski definition) is 4. The van der Waals surface area contributed by atoms with Crippen LogP contribution in [0.4, 0.5) is 0 Å². The van der Waals surface area contributed by atoms with Gasteiger partial charge in [-0.25, -0.2) is 13.1 Å². The first-order chi connectivity index (χ1) is 9.42. The summed E-state index contributed by atoms with van der Waals surface area (Å²) in [6, 6.07) is 9.59. The Morgan fingerprint density at radius 2 is 2.10 bits per heavy atom. The lowest BCUT2D eigenvalue weighted by molar-refractivity contribution is 0.582. The van der Waals surface area contributed by atoms with E-state index in [2.05, 4.69) is 20.7 Å². The van der Waals surface area contributed by atoms with E-state index in [-0.39, 0.29) is 22.0 Å². The van der Waals surface area contributed by atoms with Crippen LogP contribution in [0.3, 0.4) is 0 Å². The van der Waals surface area contributed by atoms with Crippen LogP contribution in [0.1, 0.15) is 10.4 Å². The zero-order valence-electron chi connectivity index (χ0n) is 9.93. The quantitative estimate of drug-likeness (QED) is 0.867. The van der Waals surface area contributed by atoms with Gasteiger partial charge in [-0.1, -0.05) is 11.6 Å². The lowest BCUT2D eigenvalue weighted by atomic mass is 10.2. The van der Waals surface area contributed by atoms with Crippen molar-refractivity contribution in [2.75, 3.05) is 0 Å². The van der Waals surface area contributed by atoms with Crippen molar-refractivity contribution < 1.29 is 8.42 Å². The van der Waals surface area contributed by atoms with Crippen molar-refractivity contribution in [1.29, 1.82) is 5.26 Å². The zero-order valence-corrected chi connectivity index (χ0v) is 13.9. The van der Waals surface area contributed by atoms with Crippen molar-refractivity contribution in [3.8, 4) is 6.07 Å². The number of halogens is 2. The second-order valence-corrected chi connectivity index (χ2v) is 8.51. The van der Waals surface area contributed by atoms with Gasteiger partial charge in [0.15, 0.2) is 0 Å². The summed E-state index contributed by atoms with van der Waals surface area (Å²) in [6.45, 7) is 0.205. The van der Waals surface area contributed by atoms with Crippen LogP contribution >= 0.6 is 38.9 Å². The van der Waals surface area contributed by atoms with E-state index in [1.165, 1.54) is 29.5 Å². The van der Waals surface area contributed by atoms with Crippen LogP contribution in [0, 0.1) is 11.3 Å². The number of nitrogens with zero attached hydrogens (tertiary/aromatic N) is 1. The molecule has 2 rings (SSSR count). The Morgan fingerprint density at radius 3 is 2.65 bits per heavy atom. The summed E-state index contributed by atoms with van der Waals surface area (Å²) >= 11 is 10.6. The topological polar surface area (TPSA) is 70.0 Å². The van der Waals surface area contributed by atoms with Crippen molar-refractivity contribution in [2.24, 2.45) is 0 Å². The molecular weight excluding hydrogens is 384 g/mol. The van der Waals surface area contributed by atoms with Crippen LogP contribution in [-0.4, -0.2) is 8.42 Å². The largest absolute Gasteiger partial charge is 0.240 e. The molecule has 0 atom stereocenters. The molecule has 0 aliphatic carbocycles. The van der Waals surface area contributed by atoms with Crippen LogP contribution in [0.25, 0.3) is 0 Å². The smallest absolute Gasteiger partial charge is 0.207 e. The SMILES string of the molecule is N#Cc1ccc(S(=O)(=O)NCc2ccc(Br)s2)cc1Cl. The Kier molecular flexibility index (Phi) is 4.83. The second-order valence-electron chi connectivity index (χ2n) is 3.78. The summed E-state index contributed by atoms with van der Waals surface area (Å²) in [5, 5.41) is 8.88. The molecule has 0 saturated heterocycles. The fraction of sp³-hybridized carbons (Fsp3) is 0.0833. The third kappa shape index (κ3) is 3.59. The molecule has 0 spiro atoms. The average molecular weight is 392 g/mol. The number of benzene rings is 1. The molecule has 0 fully saturated rings. The van der Waals surface area contributed by atoms with Gasteiger partial charge in [0.05, 0.1) is 19.3 Å². The Bertz CT molecular complexity index is 781. The fourth-order valence-corrected chi connectivity index (χ4v) is 4.28. The summed E-state index contributed by atoms with van der Waals surface area (Å²) in [5.74, 6) is 0. The molecule has 0 saturated carbocycles. The molecule has 0 amide bonds. The van der Waals surface area contributed by atoms with Crippen molar-refractivity contribution in [3.63, 3.8) is 0 Å². The van der Waals surface area contributed by atoms with Crippen LogP contribution < -0.4 is 4.72 Å². The lowest BCUT2D eigenvalue weighted by Crippen LogP contribution is -2.22. The first-order valence-corrected chi connectivity index (χ1v) is 8.83. The fourth-order valence-electron chi connectivity index (χ4n) is 1.45. The highest BCUT2D eigenvalue weighted by Crippen LogP contribution is 2.23. The molecule has 1 aromatic carbocycles. The summed E-state index contributed by atoms with van der Waals surface area (Å²) in [7, 11) is -3.65. The maximum atomic E-state index is 12.1. The van der Waals surface area contributed by atoms with Crippen molar-refractivity contribution in [3.05, 3.63) is 49.6 Å². The molecule has 0 unspecified atom stereocenters. The number of rotatable bonds is 4. The zero-order chi connectivity index (χ0) is 14.8. The summed E-state index contributed by atoms with van der Waals surface area (Å²) in [6.07, 6.45) is 0. The highest BCUT2D eigenvalue weighted by molar-refractivity contribution is 9.11. The summed E-state index contributed by atoms with van der Waals surface area (Å²) in [5.41, 5.74) is 0.243. The van der Waals surface area contributed by atoms with Crippen LogP contribution in [0.15, 0.2) is 39.0 Å². The minimum Gasteiger partial charge on any atom is -0.207 e. The van der Waals surface area contributed by atoms with E-state index in [1.807, 2.05) is 18.2 Å². The molecule has 4 nitrogen and oxygen atoms in total. The molecule has 8 heteroatoms. The number of hydrogen-bond donors (Lipinski definition) is 1. The molecule has 2 aromatic rings. The van der Waals surface area contributed by atoms with Gasteiger partial charge in [0.1, 0.15) is 6.07 Å². The molecule has 0 aliphatic heterocycles. The Balaban J connectivity index is 2.18. The Hall–Kier alpha value is -0.910. The van der Waals surface area contributed by atoms with E-state index in [1.54, 1.807) is 0 Å². The van der Waals surface area contributed by atoms with Crippen molar-refractivity contribution in [1.82, 2.24) is 4.72 Å². The summed E-state index contributed by atoms with van der Waals surface area (Å²) < 4.78 is 27.6. The molecule has 0 aliphatic rings. The number of sulfonamides is 1.